The fourth-order valence-electron chi connectivity index (χ4n) is 3.22. The van der Waals surface area contributed by atoms with Crippen LogP contribution in [0.5, 0.6) is 0 Å². The number of rotatable bonds is 5. The summed E-state index contributed by atoms with van der Waals surface area (Å²) < 4.78 is 4.19. The van der Waals surface area contributed by atoms with E-state index in [2.05, 4.69) is 78.7 Å². The van der Waals surface area contributed by atoms with Gasteiger partial charge in [0.1, 0.15) is 5.82 Å². The molecule has 3 aromatic rings. The highest BCUT2D eigenvalue weighted by Gasteiger charge is 2.16. The summed E-state index contributed by atoms with van der Waals surface area (Å²) in [6, 6.07) is 8.59. The summed E-state index contributed by atoms with van der Waals surface area (Å²) in [7, 11) is 4.17. The van der Waals surface area contributed by atoms with Crippen molar-refractivity contribution in [3.05, 3.63) is 53.6 Å². The van der Waals surface area contributed by atoms with E-state index in [1.165, 1.54) is 11.3 Å². The highest BCUT2D eigenvalue weighted by molar-refractivity contribution is 5.61. The molecular weight excluding hydrogens is 298 g/mol. The molecule has 0 spiro atoms. The summed E-state index contributed by atoms with van der Waals surface area (Å²) >= 11 is 0. The van der Waals surface area contributed by atoms with Crippen LogP contribution in [0.25, 0.3) is 17.1 Å². The number of benzene rings is 1. The van der Waals surface area contributed by atoms with Crippen molar-refractivity contribution in [1.82, 2.24) is 24.2 Å². The Labute approximate surface area is 143 Å². The molecule has 5 nitrogen and oxygen atoms in total. The maximum atomic E-state index is 4.64. The molecule has 0 bridgehead atoms. The van der Waals surface area contributed by atoms with Gasteiger partial charge in [-0.15, -0.1) is 0 Å². The summed E-state index contributed by atoms with van der Waals surface area (Å²) in [5.41, 5.74) is 5.73. The zero-order chi connectivity index (χ0) is 17.3. The molecule has 2 heterocycles. The molecule has 0 radical (unpaired) electrons. The van der Waals surface area contributed by atoms with Crippen LogP contribution >= 0.6 is 0 Å². The second-order valence-electron chi connectivity index (χ2n) is 6.39. The third kappa shape index (κ3) is 2.99. The second kappa shape index (κ2) is 6.61. The molecule has 0 saturated heterocycles. The summed E-state index contributed by atoms with van der Waals surface area (Å²) in [6.45, 7) is 8.07. The van der Waals surface area contributed by atoms with Gasteiger partial charge in [-0.25, -0.2) is 4.98 Å². The molecule has 126 valence electrons. The van der Waals surface area contributed by atoms with Gasteiger partial charge in [0.25, 0.3) is 0 Å². The van der Waals surface area contributed by atoms with Gasteiger partial charge in [-0.2, -0.15) is 5.10 Å². The average molecular weight is 323 g/mol. The third-order valence-corrected chi connectivity index (χ3v) is 4.21. The van der Waals surface area contributed by atoms with Crippen LogP contribution in [0.3, 0.4) is 0 Å². The van der Waals surface area contributed by atoms with Gasteiger partial charge in [-0.05, 0) is 46.5 Å². The molecule has 3 rings (SSSR count). The minimum Gasteiger partial charge on any atom is -0.305 e. The van der Waals surface area contributed by atoms with Gasteiger partial charge in [0.2, 0.25) is 0 Å². The fourth-order valence-corrected chi connectivity index (χ4v) is 3.22. The molecule has 5 heteroatoms. The third-order valence-electron chi connectivity index (χ3n) is 4.21. The van der Waals surface area contributed by atoms with Crippen molar-refractivity contribution in [2.75, 3.05) is 14.1 Å². The second-order valence-corrected chi connectivity index (χ2v) is 6.39. The van der Waals surface area contributed by atoms with E-state index in [4.69, 9.17) is 0 Å². The normalized spacial score (nSPS) is 11.4. The lowest BCUT2D eigenvalue weighted by molar-refractivity contribution is 0.402. The Morgan fingerprint density at radius 3 is 2.62 bits per heavy atom. The van der Waals surface area contributed by atoms with E-state index in [1.54, 1.807) is 0 Å². The number of nitrogens with zero attached hydrogens (tertiary/aromatic N) is 5. The predicted octanol–water partition coefficient (Wildman–Crippen LogP) is 3.43. The smallest absolute Gasteiger partial charge is 0.144 e. The van der Waals surface area contributed by atoms with Gasteiger partial charge < -0.3 is 4.90 Å². The summed E-state index contributed by atoms with van der Waals surface area (Å²) in [5.74, 6) is 0.956. The largest absolute Gasteiger partial charge is 0.305 e. The lowest BCUT2D eigenvalue weighted by Crippen LogP contribution is -2.10. The lowest BCUT2D eigenvalue weighted by atomic mass is 10.1. The van der Waals surface area contributed by atoms with E-state index in [0.717, 1.165) is 35.9 Å². The van der Waals surface area contributed by atoms with Gasteiger partial charge in [0.15, 0.2) is 0 Å². The van der Waals surface area contributed by atoms with Crippen molar-refractivity contribution >= 4 is 0 Å². The number of hydrogen-bond acceptors (Lipinski definition) is 3. The Balaban J connectivity index is 2.08. The molecule has 0 aliphatic rings. The van der Waals surface area contributed by atoms with E-state index in [9.17, 15) is 0 Å². The van der Waals surface area contributed by atoms with Crippen LogP contribution in [0, 0.1) is 13.8 Å². The van der Waals surface area contributed by atoms with Crippen LogP contribution in [0.15, 0.2) is 36.7 Å². The summed E-state index contributed by atoms with van der Waals surface area (Å²) in [6.07, 6.45) is 3.88. The topological polar surface area (TPSA) is 38.9 Å². The minimum absolute atomic E-state index is 0.870. The van der Waals surface area contributed by atoms with E-state index in [0.29, 0.717) is 0 Å². The van der Waals surface area contributed by atoms with Crippen molar-refractivity contribution in [2.24, 2.45) is 0 Å². The van der Waals surface area contributed by atoms with Crippen LogP contribution in [-0.4, -0.2) is 38.3 Å². The summed E-state index contributed by atoms with van der Waals surface area (Å²) in [4.78, 5) is 6.78. The van der Waals surface area contributed by atoms with Crippen LogP contribution in [0.1, 0.15) is 23.9 Å². The van der Waals surface area contributed by atoms with Crippen molar-refractivity contribution in [2.45, 2.75) is 33.9 Å². The SMILES string of the molecule is CCn1nc(C)c(-n2ccnc2-c2cccc(CN(C)C)c2)c1C. The zero-order valence-electron chi connectivity index (χ0n) is 15.1. The van der Waals surface area contributed by atoms with E-state index in [-0.39, 0.29) is 0 Å². The molecule has 0 fully saturated rings. The Morgan fingerprint density at radius 2 is 1.96 bits per heavy atom. The van der Waals surface area contributed by atoms with E-state index in [1.807, 2.05) is 17.1 Å². The van der Waals surface area contributed by atoms with E-state index >= 15 is 0 Å². The lowest BCUT2D eigenvalue weighted by Gasteiger charge is -2.12. The highest BCUT2D eigenvalue weighted by atomic mass is 15.3. The Hall–Kier alpha value is -2.40. The molecule has 0 N–H and O–H groups in total. The van der Waals surface area contributed by atoms with Gasteiger partial charge in [0.05, 0.1) is 17.1 Å². The maximum Gasteiger partial charge on any atom is 0.144 e. The standard InChI is InChI=1S/C19H25N5/c1-6-24-15(3)18(14(2)21-24)23-11-10-20-19(23)17-9-7-8-16(12-17)13-22(4)5/h7-12H,6,13H2,1-5H3. The molecule has 1 aromatic carbocycles. The minimum atomic E-state index is 0.870. The van der Waals surface area contributed by atoms with Gasteiger partial charge in [-0.1, -0.05) is 18.2 Å². The Morgan fingerprint density at radius 1 is 1.17 bits per heavy atom. The summed E-state index contributed by atoms with van der Waals surface area (Å²) in [5, 5.41) is 4.64. The quantitative estimate of drug-likeness (QED) is 0.722. The number of aryl methyl sites for hydroxylation is 2. The molecule has 0 aliphatic heterocycles. The monoisotopic (exact) mass is 323 g/mol. The average Bonchev–Trinajstić information content (AvgIpc) is 3.11. The molecular formula is C19H25N5. The first kappa shape index (κ1) is 16.5. The van der Waals surface area contributed by atoms with Crippen molar-refractivity contribution in [3.8, 4) is 17.1 Å². The first-order chi connectivity index (χ1) is 11.5. The van der Waals surface area contributed by atoms with Gasteiger partial charge in [-0.3, -0.25) is 9.25 Å². The van der Waals surface area contributed by atoms with Crippen LogP contribution in [0.2, 0.25) is 0 Å². The molecule has 2 aromatic heterocycles. The van der Waals surface area contributed by atoms with Crippen LogP contribution in [0.4, 0.5) is 0 Å². The maximum absolute atomic E-state index is 4.64. The van der Waals surface area contributed by atoms with Gasteiger partial charge >= 0.3 is 0 Å². The Kier molecular flexibility index (Phi) is 4.53. The van der Waals surface area contributed by atoms with E-state index < -0.39 is 0 Å². The predicted molar refractivity (Wildman–Crippen MR) is 97.3 cm³/mol. The molecule has 0 unspecified atom stereocenters. The molecule has 0 atom stereocenters. The van der Waals surface area contributed by atoms with Gasteiger partial charge in [0, 0.05) is 31.0 Å². The molecule has 24 heavy (non-hydrogen) atoms. The first-order valence-corrected chi connectivity index (χ1v) is 8.33. The Bertz CT molecular complexity index is 841. The van der Waals surface area contributed by atoms with Crippen molar-refractivity contribution in [1.29, 1.82) is 0 Å². The van der Waals surface area contributed by atoms with Crippen molar-refractivity contribution < 1.29 is 0 Å². The fraction of sp³-hybridized carbons (Fsp3) is 0.368. The van der Waals surface area contributed by atoms with Crippen LogP contribution < -0.4 is 0 Å². The highest BCUT2D eigenvalue weighted by Crippen LogP contribution is 2.26. The first-order valence-electron chi connectivity index (χ1n) is 8.33. The van der Waals surface area contributed by atoms with Crippen LogP contribution in [-0.2, 0) is 13.1 Å². The van der Waals surface area contributed by atoms with Crippen molar-refractivity contribution in [3.63, 3.8) is 0 Å². The number of aromatic nitrogens is 4. The zero-order valence-corrected chi connectivity index (χ0v) is 15.1. The number of hydrogen-bond donors (Lipinski definition) is 0. The molecule has 0 saturated carbocycles. The molecule has 0 amide bonds. The number of imidazole rings is 1. The molecule has 0 aliphatic carbocycles.